The number of nitrogens with zero attached hydrogens (tertiary/aromatic N) is 1. The topological polar surface area (TPSA) is 70.6 Å². The van der Waals surface area contributed by atoms with E-state index >= 15 is 0 Å². The van der Waals surface area contributed by atoms with E-state index in [1.165, 1.54) is 12.1 Å². The van der Waals surface area contributed by atoms with Gasteiger partial charge in [-0.3, -0.25) is 4.99 Å². The first-order valence-corrected chi connectivity index (χ1v) is 10.5. The number of aliphatic imine (C=N–C) groups is 1. The van der Waals surface area contributed by atoms with Gasteiger partial charge in [-0.1, -0.05) is 13.0 Å². The lowest BCUT2D eigenvalue weighted by molar-refractivity contribution is 0.595. The average molecular weight is 362 g/mol. The van der Waals surface area contributed by atoms with Crippen molar-refractivity contribution in [2.75, 3.05) is 31.4 Å². The maximum Gasteiger partial charge on any atom is 0.191 e. The van der Waals surface area contributed by atoms with Crippen LogP contribution in [0.4, 0.5) is 4.39 Å². The molecule has 5 nitrogen and oxygen atoms in total. The fraction of sp³-hybridized carbons (Fsp3) is 0.533. The molecule has 1 aromatic rings. The smallest absolute Gasteiger partial charge is 0.191 e. The molecular weight excluding hydrogens is 337 g/mol. The maximum absolute atomic E-state index is 13.3. The zero-order chi connectivity index (χ0) is 17.3. The lowest BCUT2D eigenvalue weighted by atomic mass is 10.1. The van der Waals surface area contributed by atoms with Gasteiger partial charge in [0.15, 0.2) is 15.8 Å². The molecule has 0 radical (unpaired) electrons. The Bertz CT molecular complexity index is 634. The van der Waals surface area contributed by atoms with Crippen LogP contribution in [0.15, 0.2) is 23.2 Å². The van der Waals surface area contributed by atoms with Crippen LogP contribution in [0, 0.1) is 5.82 Å². The van der Waals surface area contributed by atoms with E-state index in [1.54, 1.807) is 31.8 Å². The third-order valence-corrected chi connectivity index (χ3v) is 5.59. The van der Waals surface area contributed by atoms with Crippen LogP contribution in [0.1, 0.15) is 18.1 Å². The van der Waals surface area contributed by atoms with Crippen molar-refractivity contribution >= 4 is 27.6 Å². The average Bonchev–Trinajstić information content (AvgIpc) is 2.52. The molecule has 2 N–H and O–H groups in total. The van der Waals surface area contributed by atoms with Gasteiger partial charge in [0, 0.05) is 31.6 Å². The van der Waals surface area contributed by atoms with E-state index in [2.05, 4.69) is 15.6 Å². The molecule has 0 unspecified atom stereocenters. The Labute approximate surface area is 142 Å². The molecular formula is C15H24FN3O2S2. The number of sulfone groups is 1. The molecule has 0 fully saturated rings. The summed E-state index contributed by atoms with van der Waals surface area (Å²) >= 11 is 1.63. The first-order chi connectivity index (χ1) is 10.9. The SMILES string of the molecule is CCS(=O)(=O)CCNC(=NC)NCc1ccc(F)cc1CSC. The van der Waals surface area contributed by atoms with E-state index in [-0.39, 0.29) is 17.3 Å². The van der Waals surface area contributed by atoms with E-state index in [4.69, 9.17) is 0 Å². The van der Waals surface area contributed by atoms with Crippen LogP contribution in [0.5, 0.6) is 0 Å². The molecule has 0 amide bonds. The van der Waals surface area contributed by atoms with Crippen molar-refractivity contribution in [2.45, 2.75) is 19.2 Å². The molecule has 0 spiro atoms. The zero-order valence-electron chi connectivity index (χ0n) is 13.7. The van der Waals surface area contributed by atoms with Gasteiger partial charge in [-0.25, -0.2) is 12.8 Å². The maximum atomic E-state index is 13.3. The van der Waals surface area contributed by atoms with Crippen molar-refractivity contribution in [1.82, 2.24) is 10.6 Å². The van der Waals surface area contributed by atoms with Crippen LogP contribution in [-0.2, 0) is 22.1 Å². The Morgan fingerprint density at radius 2 is 2.04 bits per heavy atom. The van der Waals surface area contributed by atoms with E-state index in [0.29, 0.717) is 19.0 Å². The van der Waals surface area contributed by atoms with Crippen molar-refractivity contribution in [3.05, 3.63) is 35.1 Å². The van der Waals surface area contributed by atoms with E-state index in [1.807, 2.05) is 6.26 Å². The van der Waals surface area contributed by atoms with Crippen LogP contribution >= 0.6 is 11.8 Å². The van der Waals surface area contributed by atoms with Gasteiger partial charge >= 0.3 is 0 Å². The van der Waals surface area contributed by atoms with Gasteiger partial charge in [-0.2, -0.15) is 11.8 Å². The van der Waals surface area contributed by atoms with Crippen molar-refractivity contribution in [3.8, 4) is 0 Å². The van der Waals surface area contributed by atoms with Crippen LogP contribution in [0.2, 0.25) is 0 Å². The second kappa shape index (κ2) is 9.77. The second-order valence-corrected chi connectivity index (χ2v) is 8.27. The fourth-order valence-electron chi connectivity index (χ4n) is 1.93. The Hall–Kier alpha value is -1.28. The standard InChI is InChI=1S/C15H24FN3O2S2/c1-4-23(20,21)8-7-18-15(17-2)19-10-12-5-6-14(16)9-13(12)11-22-3/h5-6,9H,4,7-8,10-11H2,1-3H3,(H2,17,18,19). The summed E-state index contributed by atoms with van der Waals surface area (Å²) in [6.07, 6.45) is 1.97. The summed E-state index contributed by atoms with van der Waals surface area (Å²) in [5.41, 5.74) is 1.93. The molecule has 0 saturated heterocycles. The van der Waals surface area contributed by atoms with Crippen molar-refractivity contribution < 1.29 is 12.8 Å². The van der Waals surface area contributed by atoms with Gasteiger partial charge in [0.2, 0.25) is 0 Å². The van der Waals surface area contributed by atoms with Crippen LogP contribution < -0.4 is 10.6 Å². The summed E-state index contributed by atoms with van der Waals surface area (Å²) in [5.74, 6) is 1.21. The Morgan fingerprint density at radius 1 is 1.30 bits per heavy atom. The van der Waals surface area contributed by atoms with Crippen LogP contribution in [0.3, 0.4) is 0 Å². The second-order valence-electron chi connectivity index (χ2n) is 4.93. The van der Waals surface area contributed by atoms with Gasteiger partial charge in [-0.05, 0) is 29.5 Å². The normalized spacial score (nSPS) is 12.3. The van der Waals surface area contributed by atoms with Crippen LogP contribution in [0.25, 0.3) is 0 Å². The summed E-state index contributed by atoms with van der Waals surface area (Å²) in [7, 11) is -1.38. The number of rotatable bonds is 8. The third kappa shape index (κ3) is 7.22. The number of benzene rings is 1. The van der Waals surface area contributed by atoms with E-state index in [9.17, 15) is 12.8 Å². The molecule has 0 heterocycles. The molecule has 1 rings (SSSR count). The first kappa shape index (κ1) is 19.8. The monoisotopic (exact) mass is 361 g/mol. The number of halogens is 1. The lowest BCUT2D eigenvalue weighted by Gasteiger charge is -2.14. The Kier molecular flexibility index (Phi) is 8.40. The minimum Gasteiger partial charge on any atom is -0.355 e. The summed E-state index contributed by atoms with van der Waals surface area (Å²) in [4.78, 5) is 4.06. The summed E-state index contributed by atoms with van der Waals surface area (Å²) in [5, 5.41) is 6.09. The first-order valence-electron chi connectivity index (χ1n) is 7.33. The van der Waals surface area contributed by atoms with E-state index in [0.717, 1.165) is 16.9 Å². The third-order valence-electron chi connectivity index (χ3n) is 3.28. The van der Waals surface area contributed by atoms with Crippen molar-refractivity contribution in [2.24, 2.45) is 4.99 Å². The Morgan fingerprint density at radius 3 is 2.65 bits per heavy atom. The summed E-state index contributed by atoms with van der Waals surface area (Å²) in [6, 6.07) is 4.73. The van der Waals surface area contributed by atoms with E-state index < -0.39 is 9.84 Å². The minimum absolute atomic E-state index is 0.0679. The predicted molar refractivity (Wildman–Crippen MR) is 96.1 cm³/mol. The number of hydrogen-bond acceptors (Lipinski definition) is 4. The zero-order valence-corrected chi connectivity index (χ0v) is 15.4. The molecule has 0 bridgehead atoms. The number of thioether (sulfide) groups is 1. The molecule has 23 heavy (non-hydrogen) atoms. The molecule has 0 saturated carbocycles. The Balaban J connectivity index is 2.58. The molecule has 1 aromatic carbocycles. The number of nitrogens with one attached hydrogen (secondary N) is 2. The van der Waals surface area contributed by atoms with Gasteiger partial charge in [0.05, 0.1) is 5.75 Å². The summed E-state index contributed by atoms with van der Waals surface area (Å²) in [6.45, 7) is 2.43. The molecule has 130 valence electrons. The fourth-order valence-corrected chi connectivity index (χ4v) is 3.21. The highest BCUT2D eigenvalue weighted by atomic mass is 32.2. The van der Waals surface area contributed by atoms with Gasteiger partial charge < -0.3 is 10.6 Å². The van der Waals surface area contributed by atoms with Gasteiger partial charge in [0.1, 0.15) is 5.82 Å². The molecule has 0 aliphatic heterocycles. The molecule has 0 aromatic heterocycles. The largest absolute Gasteiger partial charge is 0.355 e. The van der Waals surface area contributed by atoms with Crippen molar-refractivity contribution in [3.63, 3.8) is 0 Å². The quantitative estimate of drug-likeness (QED) is 0.546. The van der Waals surface area contributed by atoms with Crippen LogP contribution in [-0.4, -0.2) is 45.7 Å². The summed E-state index contributed by atoms with van der Waals surface area (Å²) < 4.78 is 36.2. The lowest BCUT2D eigenvalue weighted by Crippen LogP contribution is -2.39. The van der Waals surface area contributed by atoms with Crippen molar-refractivity contribution in [1.29, 1.82) is 0 Å². The number of hydrogen-bond donors (Lipinski definition) is 2. The van der Waals surface area contributed by atoms with Gasteiger partial charge in [0.25, 0.3) is 0 Å². The molecule has 0 aliphatic rings. The highest BCUT2D eigenvalue weighted by Gasteiger charge is 2.08. The molecule has 0 aliphatic carbocycles. The highest BCUT2D eigenvalue weighted by molar-refractivity contribution is 7.97. The molecule has 0 atom stereocenters. The van der Waals surface area contributed by atoms with Gasteiger partial charge in [-0.15, -0.1) is 0 Å². The molecule has 8 heteroatoms. The predicted octanol–water partition coefficient (Wildman–Crippen LogP) is 1.79. The number of guanidine groups is 1. The highest BCUT2D eigenvalue weighted by Crippen LogP contribution is 2.16. The minimum atomic E-state index is -3.00.